The lowest BCUT2D eigenvalue weighted by Gasteiger charge is -2.16. The molecule has 0 amide bonds. The third-order valence-corrected chi connectivity index (χ3v) is 4.15. The first-order valence-electron chi connectivity index (χ1n) is 7.62. The van der Waals surface area contributed by atoms with Crippen LogP contribution in [0.4, 0.5) is 0 Å². The minimum atomic E-state index is 0.709. The molecule has 0 bridgehead atoms. The van der Waals surface area contributed by atoms with Crippen LogP contribution in [0.1, 0.15) is 37.3 Å². The Bertz CT molecular complexity index is 512. The van der Waals surface area contributed by atoms with Crippen molar-refractivity contribution in [3.63, 3.8) is 0 Å². The van der Waals surface area contributed by atoms with Crippen LogP contribution in [-0.2, 0) is 13.1 Å². The van der Waals surface area contributed by atoms with Gasteiger partial charge in [-0.05, 0) is 36.3 Å². The predicted molar refractivity (Wildman–Crippen MR) is 81.4 cm³/mol. The van der Waals surface area contributed by atoms with Gasteiger partial charge in [0.05, 0.1) is 6.33 Å². The molecule has 1 aliphatic carbocycles. The topological polar surface area (TPSA) is 29.9 Å². The molecule has 1 atom stereocenters. The van der Waals surface area contributed by atoms with Crippen molar-refractivity contribution in [3.05, 3.63) is 54.1 Å². The first-order chi connectivity index (χ1) is 9.85. The summed E-state index contributed by atoms with van der Waals surface area (Å²) >= 11 is 0. The predicted octanol–water partition coefficient (Wildman–Crippen LogP) is 3.21. The fourth-order valence-electron chi connectivity index (χ4n) is 2.75. The lowest BCUT2D eigenvalue weighted by atomic mass is 10.1. The second kappa shape index (κ2) is 6.23. The molecule has 1 aromatic heterocycles. The van der Waals surface area contributed by atoms with Crippen molar-refractivity contribution in [3.8, 4) is 0 Å². The first-order valence-corrected chi connectivity index (χ1v) is 7.62. The molecule has 2 aromatic rings. The molecule has 1 aliphatic rings. The number of benzene rings is 1. The van der Waals surface area contributed by atoms with Gasteiger partial charge < -0.3 is 9.88 Å². The lowest BCUT2D eigenvalue weighted by molar-refractivity contribution is 0.449. The van der Waals surface area contributed by atoms with E-state index in [2.05, 4.69) is 46.1 Å². The van der Waals surface area contributed by atoms with Crippen LogP contribution in [0.2, 0.25) is 0 Å². The molecule has 3 nitrogen and oxygen atoms in total. The second-order valence-corrected chi connectivity index (χ2v) is 5.78. The number of rotatable bonds is 7. The average molecular weight is 269 g/mol. The molecule has 1 unspecified atom stereocenters. The molecule has 0 saturated heterocycles. The molecule has 1 saturated carbocycles. The van der Waals surface area contributed by atoms with Crippen LogP contribution < -0.4 is 5.32 Å². The van der Waals surface area contributed by atoms with Crippen molar-refractivity contribution in [2.24, 2.45) is 5.92 Å². The van der Waals surface area contributed by atoms with Crippen LogP contribution in [0.5, 0.6) is 0 Å². The van der Waals surface area contributed by atoms with Crippen molar-refractivity contribution in [2.45, 2.75) is 45.3 Å². The lowest BCUT2D eigenvalue weighted by Crippen LogP contribution is -2.29. The van der Waals surface area contributed by atoms with E-state index in [0.29, 0.717) is 6.04 Å². The van der Waals surface area contributed by atoms with Crippen LogP contribution in [0.3, 0.4) is 0 Å². The molecule has 3 rings (SSSR count). The highest BCUT2D eigenvalue weighted by atomic mass is 15.0. The summed E-state index contributed by atoms with van der Waals surface area (Å²) in [5, 5.41) is 3.70. The van der Waals surface area contributed by atoms with E-state index in [-0.39, 0.29) is 0 Å². The summed E-state index contributed by atoms with van der Waals surface area (Å²) in [6.45, 7) is 4.16. The summed E-state index contributed by atoms with van der Waals surface area (Å²) in [6.07, 6.45) is 9.74. The maximum Gasteiger partial charge on any atom is 0.0949 e. The third-order valence-electron chi connectivity index (χ3n) is 4.15. The van der Waals surface area contributed by atoms with Crippen molar-refractivity contribution in [1.29, 1.82) is 0 Å². The van der Waals surface area contributed by atoms with E-state index in [4.69, 9.17) is 0 Å². The smallest absolute Gasteiger partial charge is 0.0949 e. The van der Waals surface area contributed by atoms with E-state index < -0.39 is 0 Å². The Hall–Kier alpha value is -1.61. The molecule has 0 spiro atoms. The normalized spacial score (nSPS) is 16.2. The average Bonchev–Trinajstić information content (AvgIpc) is 3.19. The quantitative estimate of drug-likeness (QED) is 0.836. The Morgan fingerprint density at radius 3 is 2.60 bits per heavy atom. The van der Waals surface area contributed by atoms with Crippen LogP contribution in [0.25, 0.3) is 0 Å². The van der Waals surface area contributed by atoms with Crippen molar-refractivity contribution in [1.82, 2.24) is 14.9 Å². The van der Waals surface area contributed by atoms with Gasteiger partial charge in [0, 0.05) is 31.5 Å². The van der Waals surface area contributed by atoms with Crippen LogP contribution >= 0.6 is 0 Å². The number of aromatic nitrogens is 2. The van der Waals surface area contributed by atoms with Gasteiger partial charge in [0.25, 0.3) is 0 Å². The summed E-state index contributed by atoms with van der Waals surface area (Å²) in [5.41, 5.74) is 2.69. The molecule has 0 radical (unpaired) electrons. The highest BCUT2D eigenvalue weighted by Crippen LogP contribution is 2.33. The molecule has 3 heteroatoms. The molecule has 1 fully saturated rings. The van der Waals surface area contributed by atoms with E-state index in [1.165, 1.54) is 30.4 Å². The van der Waals surface area contributed by atoms with Gasteiger partial charge in [-0.3, -0.25) is 0 Å². The van der Waals surface area contributed by atoms with Gasteiger partial charge >= 0.3 is 0 Å². The number of nitrogens with zero attached hydrogens (tertiary/aromatic N) is 2. The van der Waals surface area contributed by atoms with E-state index >= 15 is 0 Å². The van der Waals surface area contributed by atoms with Crippen molar-refractivity contribution < 1.29 is 0 Å². The Morgan fingerprint density at radius 2 is 2.00 bits per heavy atom. The molecule has 1 heterocycles. The monoisotopic (exact) mass is 269 g/mol. The van der Waals surface area contributed by atoms with E-state index in [1.54, 1.807) is 0 Å². The molecule has 1 aromatic carbocycles. The number of imidazole rings is 1. The van der Waals surface area contributed by atoms with E-state index in [1.807, 2.05) is 18.7 Å². The molecule has 20 heavy (non-hydrogen) atoms. The van der Waals surface area contributed by atoms with Gasteiger partial charge in [-0.1, -0.05) is 31.2 Å². The highest BCUT2D eigenvalue weighted by Gasteiger charge is 2.29. The van der Waals surface area contributed by atoms with Crippen molar-refractivity contribution in [2.75, 3.05) is 0 Å². The maximum atomic E-state index is 4.07. The number of nitrogens with one attached hydrogen (secondary N) is 1. The standard InChI is InChI=1S/C17H23N3/c1-2-17(16-7-8-16)19-11-14-3-5-15(6-4-14)12-20-10-9-18-13-20/h3-6,9-10,13,16-17,19H,2,7-8,11-12H2,1H3. The van der Waals surface area contributed by atoms with Crippen LogP contribution in [0.15, 0.2) is 43.0 Å². The summed E-state index contributed by atoms with van der Waals surface area (Å²) in [7, 11) is 0. The summed E-state index contributed by atoms with van der Waals surface area (Å²) < 4.78 is 2.09. The van der Waals surface area contributed by atoms with Crippen LogP contribution in [0, 0.1) is 5.92 Å². The SMILES string of the molecule is CCC(NCc1ccc(Cn2ccnc2)cc1)C1CC1. The summed E-state index contributed by atoms with van der Waals surface area (Å²) in [4.78, 5) is 4.07. The summed E-state index contributed by atoms with van der Waals surface area (Å²) in [5.74, 6) is 0.931. The molecular formula is C17H23N3. The van der Waals surface area contributed by atoms with Gasteiger partial charge in [-0.25, -0.2) is 4.98 Å². The maximum absolute atomic E-state index is 4.07. The Morgan fingerprint density at radius 1 is 1.25 bits per heavy atom. The Labute approximate surface area is 121 Å². The number of hydrogen-bond donors (Lipinski definition) is 1. The molecule has 106 valence electrons. The Balaban J connectivity index is 1.53. The van der Waals surface area contributed by atoms with Gasteiger partial charge in [0.2, 0.25) is 0 Å². The zero-order valence-corrected chi connectivity index (χ0v) is 12.1. The first kappa shape index (κ1) is 13.4. The van der Waals surface area contributed by atoms with Gasteiger partial charge in [-0.2, -0.15) is 0 Å². The van der Waals surface area contributed by atoms with Gasteiger partial charge in [0.15, 0.2) is 0 Å². The van der Waals surface area contributed by atoms with Gasteiger partial charge in [-0.15, -0.1) is 0 Å². The van der Waals surface area contributed by atoms with E-state index in [9.17, 15) is 0 Å². The largest absolute Gasteiger partial charge is 0.333 e. The minimum absolute atomic E-state index is 0.709. The molecule has 0 aliphatic heterocycles. The molecule has 1 N–H and O–H groups in total. The van der Waals surface area contributed by atoms with E-state index in [0.717, 1.165) is 19.0 Å². The second-order valence-electron chi connectivity index (χ2n) is 5.78. The number of hydrogen-bond acceptors (Lipinski definition) is 2. The minimum Gasteiger partial charge on any atom is -0.333 e. The summed E-state index contributed by atoms with van der Waals surface area (Å²) in [6, 6.07) is 9.61. The molecular weight excluding hydrogens is 246 g/mol. The van der Waals surface area contributed by atoms with Crippen molar-refractivity contribution >= 4 is 0 Å². The zero-order valence-electron chi connectivity index (χ0n) is 12.1. The Kier molecular flexibility index (Phi) is 4.16. The fraction of sp³-hybridized carbons (Fsp3) is 0.471. The van der Waals surface area contributed by atoms with Gasteiger partial charge in [0.1, 0.15) is 0 Å². The fourth-order valence-corrected chi connectivity index (χ4v) is 2.75. The zero-order chi connectivity index (χ0) is 13.8. The van der Waals surface area contributed by atoms with Crippen LogP contribution in [-0.4, -0.2) is 15.6 Å². The third kappa shape index (κ3) is 3.48. The highest BCUT2D eigenvalue weighted by molar-refractivity contribution is 5.22.